The van der Waals surface area contributed by atoms with Crippen molar-refractivity contribution in [1.82, 2.24) is 0 Å². The first-order valence-electron chi connectivity index (χ1n) is 12.4. The van der Waals surface area contributed by atoms with Gasteiger partial charge in [0.25, 0.3) is 8.32 Å². The highest BCUT2D eigenvalue weighted by atomic mass is 32.2. The quantitative estimate of drug-likeness (QED) is 0.182. The molecule has 0 aliphatic carbocycles. The molecule has 0 bridgehead atoms. The molecule has 4 nitrogen and oxygen atoms in total. The summed E-state index contributed by atoms with van der Waals surface area (Å²) in [6, 6.07) is 39.6. The van der Waals surface area contributed by atoms with Gasteiger partial charge in [-0.1, -0.05) is 123 Å². The Balaban J connectivity index is 1.59. The number of rotatable bonds is 10. The number of epoxide rings is 1. The molecule has 0 amide bonds. The molecule has 1 saturated heterocycles. The maximum atomic E-state index is 13.3. The number of hydrogen-bond acceptors (Lipinski definition) is 4. The SMILES string of the molecule is CCC[C@H](O[Si](c1ccccc1)(c1ccccc1)c1ccccc1)[C@@H]1O[C@H]1S(=O)(=O)c1ccccc1. The molecule has 0 spiro atoms. The van der Waals surface area contributed by atoms with Crippen LogP contribution in [0.1, 0.15) is 19.8 Å². The van der Waals surface area contributed by atoms with E-state index in [9.17, 15) is 8.42 Å². The van der Waals surface area contributed by atoms with Gasteiger partial charge in [0.15, 0.2) is 5.44 Å². The molecule has 3 atom stereocenters. The Kier molecular flexibility index (Phi) is 7.21. The highest BCUT2D eigenvalue weighted by Crippen LogP contribution is 2.38. The lowest BCUT2D eigenvalue weighted by Crippen LogP contribution is -2.70. The second-order valence-corrected chi connectivity index (χ2v) is 14.4. The third-order valence-corrected chi connectivity index (χ3v) is 12.7. The zero-order chi connectivity index (χ0) is 25.0. The Morgan fingerprint density at radius 1 is 0.722 bits per heavy atom. The van der Waals surface area contributed by atoms with Gasteiger partial charge in [0.05, 0.1) is 11.0 Å². The second-order valence-electron chi connectivity index (χ2n) is 9.05. The molecule has 5 rings (SSSR count). The van der Waals surface area contributed by atoms with Crippen LogP contribution in [0.15, 0.2) is 126 Å². The van der Waals surface area contributed by atoms with Crippen molar-refractivity contribution >= 4 is 33.7 Å². The van der Waals surface area contributed by atoms with E-state index in [1.807, 2.05) is 60.7 Å². The lowest BCUT2D eigenvalue weighted by molar-refractivity contribution is 0.149. The van der Waals surface area contributed by atoms with Gasteiger partial charge >= 0.3 is 0 Å². The monoisotopic (exact) mass is 514 g/mol. The fraction of sp³-hybridized carbons (Fsp3) is 0.200. The molecule has 6 heteroatoms. The van der Waals surface area contributed by atoms with Crippen molar-refractivity contribution in [2.24, 2.45) is 0 Å². The summed E-state index contributed by atoms with van der Waals surface area (Å²) in [5.41, 5.74) is -0.898. The third kappa shape index (κ3) is 4.69. The summed E-state index contributed by atoms with van der Waals surface area (Å²) in [7, 11) is -6.60. The zero-order valence-corrected chi connectivity index (χ0v) is 22.1. The normalized spacial score (nSPS) is 18.5. The van der Waals surface area contributed by atoms with E-state index >= 15 is 0 Å². The van der Waals surface area contributed by atoms with Crippen LogP contribution in [0.25, 0.3) is 0 Å². The summed E-state index contributed by atoms with van der Waals surface area (Å²) in [4.78, 5) is 0.283. The molecule has 1 aliphatic rings. The van der Waals surface area contributed by atoms with Crippen molar-refractivity contribution in [3.05, 3.63) is 121 Å². The highest BCUT2D eigenvalue weighted by Gasteiger charge is 2.56. The first-order valence-corrected chi connectivity index (χ1v) is 15.8. The van der Waals surface area contributed by atoms with Gasteiger partial charge in [-0.25, -0.2) is 8.42 Å². The maximum Gasteiger partial charge on any atom is 0.288 e. The minimum atomic E-state index is -3.61. The van der Waals surface area contributed by atoms with Crippen molar-refractivity contribution < 1.29 is 17.6 Å². The second kappa shape index (κ2) is 10.5. The van der Waals surface area contributed by atoms with E-state index in [1.54, 1.807) is 24.3 Å². The van der Waals surface area contributed by atoms with Crippen LogP contribution < -0.4 is 15.6 Å². The molecule has 0 radical (unpaired) electrons. The topological polar surface area (TPSA) is 55.9 Å². The fourth-order valence-electron chi connectivity index (χ4n) is 4.89. The minimum Gasteiger partial charge on any atom is -0.398 e. The Morgan fingerprint density at radius 3 is 1.56 bits per heavy atom. The molecule has 1 aliphatic heterocycles. The molecule has 0 unspecified atom stereocenters. The van der Waals surface area contributed by atoms with E-state index < -0.39 is 29.7 Å². The van der Waals surface area contributed by atoms with Crippen LogP contribution in [0.3, 0.4) is 0 Å². The lowest BCUT2D eigenvalue weighted by atomic mass is 10.1. The van der Waals surface area contributed by atoms with Gasteiger partial charge < -0.3 is 9.16 Å². The molecular weight excluding hydrogens is 484 g/mol. The Hall–Kier alpha value is -3.03. The molecule has 0 N–H and O–H groups in total. The summed E-state index contributed by atoms with van der Waals surface area (Å²) >= 11 is 0. The van der Waals surface area contributed by atoms with Gasteiger partial charge in [0, 0.05) is 0 Å². The van der Waals surface area contributed by atoms with Crippen LogP contribution in [-0.2, 0) is 19.0 Å². The number of hydrogen-bond donors (Lipinski definition) is 0. The van der Waals surface area contributed by atoms with E-state index in [2.05, 4.69) is 43.3 Å². The average Bonchev–Trinajstić information content (AvgIpc) is 3.75. The van der Waals surface area contributed by atoms with E-state index in [4.69, 9.17) is 9.16 Å². The molecule has 0 aromatic heterocycles. The van der Waals surface area contributed by atoms with Crippen molar-refractivity contribution in [3.63, 3.8) is 0 Å². The largest absolute Gasteiger partial charge is 0.398 e. The first-order chi connectivity index (χ1) is 17.6. The summed E-state index contributed by atoms with van der Waals surface area (Å²) in [6.07, 6.45) is 0.669. The van der Waals surface area contributed by atoms with E-state index in [0.29, 0.717) is 6.42 Å². The van der Waals surface area contributed by atoms with E-state index in [1.165, 1.54) is 0 Å². The van der Waals surface area contributed by atoms with Gasteiger partial charge in [0.1, 0.15) is 6.10 Å². The minimum absolute atomic E-state index is 0.283. The van der Waals surface area contributed by atoms with Crippen LogP contribution in [0.2, 0.25) is 0 Å². The highest BCUT2D eigenvalue weighted by molar-refractivity contribution is 7.92. The Bertz CT molecular complexity index is 1270. The van der Waals surface area contributed by atoms with Crippen LogP contribution in [-0.4, -0.2) is 34.4 Å². The van der Waals surface area contributed by atoms with Gasteiger partial charge in [-0.3, -0.25) is 0 Å². The van der Waals surface area contributed by atoms with Crippen molar-refractivity contribution in [1.29, 1.82) is 0 Å². The molecule has 4 aromatic carbocycles. The molecule has 184 valence electrons. The number of ether oxygens (including phenoxy) is 1. The number of benzene rings is 4. The third-order valence-electron chi connectivity index (χ3n) is 6.67. The van der Waals surface area contributed by atoms with Gasteiger partial charge in [-0.05, 0) is 34.1 Å². The van der Waals surface area contributed by atoms with E-state index in [0.717, 1.165) is 22.0 Å². The molecule has 1 fully saturated rings. The molecular formula is C30H30O4SSi. The fourth-order valence-corrected chi connectivity index (χ4v) is 10.6. The summed E-state index contributed by atoms with van der Waals surface area (Å²) in [5, 5.41) is 3.35. The van der Waals surface area contributed by atoms with Crippen LogP contribution in [0.5, 0.6) is 0 Å². The summed E-state index contributed by atoms with van der Waals surface area (Å²) < 4.78 is 39.8. The molecule has 36 heavy (non-hydrogen) atoms. The molecule has 4 aromatic rings. The summed E-state index contributed by atoms with van der Waals surface area (Å²) in [5.74, 6) is 0. The average molecular weight is 515 g/mol. The Labute approximate surface area is 214 Å². The van der Waals surface area contributed by atoms with Gasteiger partial charge in [-0.2, -0.15) is 0 Å². The predicted molar refractivity (Wildman–Crippen MR) is 146 cm³/mol. The zero-order valence-electron chi connectivity index (χ0n) is 20.2. The van der Waals surface area contributed by atoms with Crippen LogP contribution in [0.4, 0.5) is 0 Å². The van der Waals surface area contributed by atoms with Crippen molar-refractivity contribution in [2.75, 3.05) is 0 Å². The Morgan fingerprint density at radius 2 is 1.14 bits per heavy atom. The van der Waals surface area contributed by atoms with Gasteiger partial charge in [0.2, 0.25) is 9.84 Å². The summed E-state index contributed by atoms with van der Waals surface area (Å²) in [6.45, 7) is 2.09. The first kappa shape index (κ1) is 24.7. The predicted octanol–water partition coefficient (Wildman–Crippen LogP) is 4.04. The smallest absolute Gasteiger partial charge is 0.288 e. The molecule has 1 heterocycles. The van der Waals surface area contributed by atoms with Crippen molar-refractivity contribution in [2.45, 2.75) is 42.3 Å². The van der Waals surface area contributed by atoms with Crippen molar-refractivity contribution in [3.8, 4) is 0 Å². The van der Waals surface area contributed by atoms with Crippen LogP contribution >= 0.6 is 0 Å². The lowest BCUT2D eigenvalue weighted by Gasteiger charge is -2.36. The molecule has 0 saturated carbocycles. The number of sulfone groups is 1. The van der Waals surface area contributed by atoms with Gasteiger partial charge in [-0.15, -0.1) is 0 Å². The standard InChI is InChI=1S/C30H30O4SSi/c1-2-15-28(29-30(33-29)35(31,32)24-16-7-3-8-17-24)34-36(25-18-9-4-10-19-25,26-20-11-5-12-21-26)27-22-13-6-14-23-27/h3-14,16-23,28-30H,2,15H2,1H3/t28-,29-,30-/m0/s1. The van der Waals surface area contributed by atoms with Crippen LogP contribution in [0, 0.1) is 0 Å². The maximum absolute atomic E-state index is 13.3. The van der Waals surface area contributed by atoms with E-state index in [-0.39, 0.29) is 11.0 Å².